The fraction of sp³-hybridized carbons (Fsp3) is 0.667. The molecule has 24 heavy (non-hydrogen) atoms. The minimum absolute atomic E-state index is 0.0907. The molecule has 6 heteroatoms. The second-order valence-corrected chi connectivity index (χ2v) is 9.70. The van der Waals surface area contributed by atoms with Crippen LogP contribution in [0.1, 0.15) is 25.7 Å². The van der Waals surface area contributed by atoms with E-state index >= 15 is 0 Å². The third-order valence-electron chi connectivity index (χ3n) is 5.49. The fourth-order valence-electron chi connectivity index (χ4n) is 4.06. The van der Waals surface area contributed by atoms with Gasteiger partial charge in [0, 0.05) is 37.3 Å². The molecule has 1 aliphatic carbocycles. The third kappa shape index (κ3) is 3.19. The fourth-order valence-corrected chi connectivity index (χ4v) is 6.05. The molecule has 0 aromatic heterocycles. The van der Waals surface area contributed by atoms with Crippen molar-refractivity contribution in [1.29, 1.82) is 0 Å². The molecule has 2 saturated heterocycles. The van der Waals surface area contributed by atoms with Crippen molar-refractivity contribution in [2.75, 3.05) is 44.3 Å². The number of hydrogen-bond acceptors (Lipinski definition) is 4. The average Bonchev–Trinajstić information content (AvgIpc) is 3.44. The molecule has 1 aromatic carbocycles. The van der Waals surface area contributed by atoms with Crippen LogP contribution in [-0.4, -0.2) is 57.4 Å². The van der Waals surface area contributed by atoms with E-state index in [0.29, 0.717) is 26.3 Å². The van der Waals surface area contributed by atoms with E-state index in [0.717, 1.165) is 38.8 Å². The van der Waals surface area contributed by atoms with Gasteiger partial charge in [-0.25, -0.2) is 12.7 Å². The van der Waals surface area contributed by atoms with E-state index < -0.39 is 10.0 Å². The van der Waals surface area contributed by atoms with Gasteiger partial charge in [-0.15, -0.1) is 0 Å². The van der Waals surface area contributed by atoms with Crippen LogP contribution in [-0.2, 0) is 14.8 Å². The maximum Gasteiger partial charge on any atom is 0.217 e. The van der Waals surface area contributed by atoms with Crippen LogP contribution in [0.15, 0.2) is 30.3 Å². The summed E-state index contributed by atoms with van der Waals surface area (Å²) in [5, 5.41) is -0.121. The number of benzene rings is 1. The molecule has 2 aliphatic heterocycles. The van der Waals surface area contributed by atoms with Gasteiger partial charge in [0.25, 0.3) is 0 Å². The second kappa shape index (κ2) is 6.32. The van der Waals surface area contributed by atoms with Gasteiger partial charge in [-0.3, -0.25) is 0 Å². The topological polar surface area (TPSA) is 49.9 Å². The monoisotopic (exact) mass is 350 g/mol. The molecule has 2 heterocycles. The standard InChI is InChI=1S/C18H26N2O3S/c21-24(22,17-7-8-17)20-10-4-9-18(14-20)13-19(11-12-23-15-18)16-5-2-1-3-6-16/h1-3,5-6,17H,4,7-15H2/t18-/m1/s1. The van der Waals surface area contributed by atoms with Crippen LogP contribution in [0.2, 0.25) is 0 Å². The Morgan fingerprint density at radius 1 is 1.08 bits per heavy atom. The smallest absolute Gasteiger partial charge is 0.217 e. The van der Waals surface area contributed by atoms with Crippen molar-refractivity contribution < 1.29 is 13.2 Å². The molecule has 1 spiro atoms. The number of para-hydroxylation sites is 1. The first-order chi connectivity index (χ1) is 11.6. The van der Waals surface area contributed by atoms with Gasteiger partial charge in [0.1, 0.15) is 0 Å². The maximum absolute atomic E-state index is 12.7. The summed E-state index contributed by atoms with van der Waals surface area (Å²) in [7, 11) is -3.10. The van der Waals surface area contributed by atoms with Gasteiger partial charge < -0.3 is 9.64 Å². The van der Waals surface area contributed by atoms with E-state index in [2.05, 4.69) is 29.2 Å². The molecular weight excluding hydrogens is 324 g/mol. The minimum Gasteiger partial charge on any atom is -0.379 e. The number of piperidine rings is 1. The predicted molar refractivity (Wildman–Crippen MR) is 94.7 cm³/mol. The third-order valence-corrected chi connectivity index (χ3v) is 7.84. The predicted octanol–water partition coefficient (Wildman–Crippen LogP) is 2.10. The van der Waals surface area contributed by atoms with Crippen molar-refractivity contribution in [3.8, 4) is 0 Å². The molecule has 0 radical (unpaired) electrons. The zero-order chi connectivity index (χ0) is 16.6. The summed E-state index contributed by atoms with van der Waals surface area (Å²) >= 11 is 0. The Labute approximate surface area is 144 Å². The number of ether oxygens (including phenoxy) is 1. The first kappa shape index (κ1) is 16.4. The van der Waals surface area contributed by atoms with Crippen molar-refractivity contribution in [2.24, 2.45) is 5.41 Å². The second-order valence-electron chi connectivity index (χ2n) is 7.49. The van der Waals surface area contributed by atoms with Gasteiger partial charge in [-0.1, -0.05) is 18.2 Å². The highest BCUT2D eigenvalue weighted by molar-refractivity contribution is 7.90. The Balaban J connectivity index is 1.56. The molecule has 3 aliphatic rings. The Kier molecular flexibility index (Phi) is 4.31. The molecule has 0 unspecified atom stereocenters. The van der Waals surface area contributed by atoms with Gasteiger partial charge in [0.2, 0.25) is 10.0 Å². The summed E-state index contributed by atoms with van der Waals surface area (Å²) < 4.78 is 33.0. The molecule has 4 rings (SSSR count). The summed E-state index contributed by atoms with van der Waals surface area (Å²) in [6.45, 7) is 4.37. The van der Waals surface area contributed by atoms with E-state index in [4.69, 9.17) is 4.74 Å². The van der Waals surface area contributed by atoms with Crippen LogP contribution in [0.5, 0.6) is 0 Å². The summed E-state index contributed by atoms with van der Waals surface area (Å²) in [4.78, 5) is 2.36. The number of rotatable bonds is 3. The number of anilines is 1. The van der Waals surface area contributed by atoms with Crippen molar-refractivity contribution in [2.45, 2.75) is 30.9 Å². The lowest BCUT2D eigenvalue weighted by Gasteiger charge is -2.43. The largest absolute Gasteiger partial charge is 0.379 e. The van der Waals surface area contributed by atoms with Gasteiger partial charge in [0.15, 0.2) is 0 Å². The van der Waals surface area contributed by atoms with Crippen molar-refractivity contribution >= 4 is 15.7 Å². The van der Waals surface area contributed by atoms with Gasteiger partial charge >= 0.3 is 0 Å². The molecule has 0 amide bonds. The molecule has 5 nitrogen and oxygen atoms in total. The first-order valence-electron chi connectivity index (χ1n) is 8.96. The summed E-state index contributed by atoms with van der Waals surface area (Å²) in [6.07, 6.45) is 3.63. The zero-order valence-corrected chi connectivity index (χ0v) is 14.9. The summed E-state index contributed by atoms with van der Waals surface area (Å²) in [5.41, 5.74) is 1.11. The van der Waals surface area contributed by atoms with E-state index in [-0.39, 0.29) is 10.7 Å². The van der Waals surface area contributed by atoms with E-state index in [9.17, 15) is 8.42 Å². The maximum atomic E-state index is 12.7. The van der Waals surface area contributed by atoms with Crippen LogP contribution in [0, 0.1) is 5.41 Å². The molecule has 0 N–H and O–H groups in total. The Morgan fingerprint density at radius 2 is 1.88 bits per heavy atom. The highest BCUT2D eigenvalue weighted by Crippen LogP contribution is 2.39. The van der Waals surface area contributed by atoms with Crippen molar-refractivity contribution in [3.05, 3.63) is 30.3 Å². The molecule has 0 bridgehead atoms. The zero-order valence-electron chi connectivity index (χ0n) is 14.1. The molecular formula is C18H26N2O3S. The average molecular weight is 350 g/mol. The quantitative estimate of drug-likeness (QED) is 0.838. The highest BCUT2D eigenvalue weighted by atomic mass is 32.2. The van der Waals surface area contributed by atoms with E-state index in [1.807, 2.05) is 6.07 Å². The van der Waals surface area contributed by atoms with Crippen molar-refractivity contribution in [1.82, 2.24) is 4.31 Å². The van der Waals surface area contributed by atoms with E-state index in [1.54, 1.807) is 4.31 Å². The lowest BCUT2D eigenvalue weighted by atomic mass is 9.81. The SMILES string of the molecule is O=S(=O)(C1CC1)N1CCC[C@]2(COCCN(c3ccccc3)C2)C1. The number of nitrogens with zero attached hydrogens (tertiary/aromatic N) is 2. The molecule has 1 aromatic rings. The van der Waals surface area contributed by atoms with E-state index in [1.165, 1.54) is 5.69 Å². The minimum atomic E-state index is -3.10. The Morgan fingerprint density at radius 3 is 2.62 bits per heavy atom. The van der Waals surface area contributed by atoms with Crippen LogP contribution in [0.25, 0.3) is 0 Å². The van der Waals surface area contributed by atoms with Crippen molar-refractivity contribution in [3.63, 3.8) is 0 Å². The summed E-state index contributed by atoms with van der Waals surface area (Å²) in [5.74, 6) is 0. The van der Waals surface area contributed by atoms with Crippen LogP contribution in [0.3, 0.4) is 0 Å². The summed E-state index contributed by atoms with van der Waals surface area (Å²) in [6, 6.07) is 10.4. The van der Waals surface area contributed by atoms with Crippen LogP contribution < -0.4 is 4.90 Å². The van der Waals surface area contributed by atoms with Gasteiger partial charge in [-0.2, -0.15) is 0 Å². The molecule has 1 saturated carbocycles. The lowest BCUT2D eigenvalue weighted by Crippen LogP contribution is -2.52. The number of sulfonamides is 1. The molecule has 3 fully saturated rings. The Bertz CT molecular complexity index is 675. The Hall–Kier alpha value is -1.11. The number of hydrogen-bond donors (Lipinski definition) is 0. The molecule has 1 atom stereocenters. The van der Waals surface area contributed by atoms with Crippen LogP contribution in [0.4, 0.5) is 5.69 Å². The van der Waals surface area contributed by atoms with Gasteiger partial charge in [-0.05, 0) is 37.8 Å². The van der Waals surface area contributed by atoms with Crippen LogP contribution >= 0.6 is 0 Å². The first-order valence-corrected chi connectivity index (χ1v) is 10.5. The molecule has 132 valence electrons. The van der Waals surface area contributed by atoms with Gasteiger partial charge in [0.05, 0.1) is 18.5 Å². The normalized spacial score (nSPS) is 29.6. The highest BCUT2D eigenvalue weighted by Gasteiger charge is 2.46. The lowest BCUT2D eigenvalue weighted by molar-refractivity contribution is 0.0350.